The number of hydrogen-bond acceptors (Lipinski definition) is 2. The summed E-state index contributed by atoms with van der Waals surface area (Å²) in [6.07, 6.45) is 10.5. The standard InChI is InChI=1S/C18H42N2Si/c1-9-11-13-15-17(3,4)19-21(7,8)20-18(5,6)16-14-12-10-2/h19-20H,9-16H2,1-8H3. The molecule has 0 saturated heterocycles. The molecule has 0 amide bonds. The van der Waals surface area contributed by atoms with Crippen molar-refractivity contribution in [2.75, 3.05) is 0 Å². The molecular formula is C18H42N2Si. The molecule has 0 unspecified atom stereocenters. The first-order valence-electron chi connectivity index (χ1n) is 9.12. The summed E-state index contributed by atoms with van der Waals surface area (Å²) >= 11 is 0. The second kappa shape index (κ2) is 9.31. The molecule has 128 valence electrons. The summed E-state index contributed by atoms with van der Waals surface area (Å²) < 4.78 is 0. The normalized spacial score (nSPS) is 13.7. The average Bonchev–Trinajstić information content (AvgIpc) is 2.25. The van der Waals surface area contributed by atoms with Gasteiger partial charge in [-0.15, -0.1) is 0 Å². The van der Waals surface area contributed by atoms with Crippen molar-refractivity contribution in [3.8, 4) is 0 Å². The molecule has 0 aromatic heterocycles. The number of hydrogen-bond donors (Lipinski definition) is 2. The summed E-state index contributed by atoms with van der Waals surface area (Å²) in [4.78, 5) is 7.93. The number of nitrogens with one attached hydrogen (secondary N) is 2. The minimum atomic E-state index is -1.59. The van der Waals surface area contributed by atoms with Crippen molar-refractivity contribution >= 4 is 8.40 Å². The molecule has 0 rings (SSSR count). The van der Waals surface area contributed by atoms with Crippen LogP contribution in [0, 0.1) is 0 Å². The molecule has 2 N–H and O–H groups in total. The van der Waals surface area contributed by atoms with Crippen molar-refractivity contribution in [2.45, 2.75) is 117 Å². The lowest BCUT2D eigenvalue weighted by atomic mass is 9.98. The topological polar surface area (TPSA) is 24.1 Å². The van der Waals surface area contributed by atoms with E-state index in [1.54, 1.807) is 0 Å². The third-order valence-electron chi connectivity index (χ3n) is 4.11. The van der Waals surface area contributed by atoms with Crippen molar-refractivity contribution in [1.29, 1.82) is 0 Å². The van der Waals surface area contributed by atoms with E-state index in [9.17, 15) is 0 Å². The Bertz CT molecular complexity index is 246. The van der Waals surface area contributed by atoms with Gasteiger partial charge in [-0.25, -0.2) is 0 Å². The lowest BCUT2D eigenvalue weighted by Crippen LogP contribution is -2.68. The van der Waals surface area contributed by atoms with Crippen molar-refractivity contribution in [3.05, 3.63) is 0 Å². The van der Waals surface area contributed by atoms with Crippen LogP contribution in [0.2, 0.25) is 13.1 Å². The Morgan fingerprint density at radius 2 is 1.00 bits per heavy atom. The van der Waals surface area contributed by atoms with Crippen molar-refractivity contribution < 1.29 is 0 Å². The molecular weight excluding hydrogens is 272 g/mol. The molecule has 0 radical (unpaired) electrons. The first-order chi connectivity index (χ1) is 9.54. The highest BCUT2D eigenvalue weighted by atomic mass is 28.3. The third kappa shape index (κ3) is 11.4. The Kier molecular flexibility index (Phi) is 9.38. The van der Waals surface area contributed by atoms with Gasteiger partial charge in [0.1, 0.15) is 0 Å². The van der Waals surface area contributed by atoms with E-state index in [4.69, 9.17) is 0 Å². The molecule has 2 nitrogen and oxygen atoms in total. The molecule has 0 aromatic rings. The maximum absolute atomic E-state index is 3.97. The lowest BCUT2D eigenvalue weighted by molar-refractivity contribution is 0.373. The Labute approximate surface area is 136 Å². The first-order valence-corrected chi connectivity index (χ1v) is 12.1. The van der Waals surface area contributed by atoms with Gasteiger partial charge in [-0.2, -0.15) is 0 Å². The molecule has 0 aliphatic carbocycles. The minimum absolute atomic E-state index is 0.247. The molecule has 21 heavy (non-hydrogen) atoms. The molecule has 0 aliphatic heterocycles. The summed E-state index contributed by atoms with van der Waals surface area (Å²) in [6.45, 7) is 18.8. The van der Waals surface area contributed by atoms with E-state index >= 15 is 0 Å². The highest BCUT2D eigenvalue weighted by molar-refractivity contribution is 6.72. The Morgan fingerprint density at radius 1 is 0.667 bits per heavy atom. The van der Waals surface area contributed by atoms with Gasteiger partial charge in [0.15, 0.2) is 8.40 Å². The van der Waals surface area contributed by atoms with Crippen LogP contribution in [0.25, 0.3) is 0 Å². The monoisotopic (exact) mass is 314 g/mol. The molecule has 0 saturated carbocycles. The largest absolute Gasteiger partial charge is 0.321 e. The van der Waals surface area contributed by atoms with Gasteiger partial charge in [-0.05, 0) is 53.6 Å². The Hall–Kier alpha value is 0.137. The van der Waals surface area contributed by atoms with Crippen LogP contribution in [0.5, 0.6) is 0 Å². The fraction of sp³-hybridized carbons (Fsp3) is 1.00. The molecule has 0 spiro atoms. The summed E-state index contributed by atoms with van der Waals surface area (Å²) in [7, 11) is -1.59. The van der Waals surface area contributed by atoms with E-state index in [1.807, 2.05) is 0 Å². The zero-order valence-electron chi connectivity index (χ0n) is 16.2. The second-order valence-corrected chi connectivity index (χ2v) is 12.3. The van der Waals surface area contributed by atoms with Gasteiger partial charge in [0.05, 0.1) is 0 Å². The first kappa shape index (κ1) is 21.1. The highest BCUT2D eigenvalue weighted by Gasteiger charge is 2.33. The van der Waals surface area contributed by atoms with Crippen LogP contribution in [-0.2, 0) is 0 Å². The summed E-state index contributed by atoms with van der Waals surface area (Å²) in [5.41, 5.74) is 0.495. The maximum atomic E-state index is 3.97. The summed E-state index contributed by atoms with van der Waals surface area (Å²) in [5.74, 6) is 0. The van der Waals surface area contributed by atoms with Crippen LogP contribution in [0.1, 0.15) is 92.9 Å². The molecule has 0 aromatic carbocycles. The van der Waals surface area contributed by atoms with E-state index in [2.05, 4.69) is 64.6 Å². The van der Waals surface area contributed by atoms with Gasteiger partial charge in [0.25, 0.3) is 0 Å². The van der Waals surface area contributed by atoms with Gasteiger partial charge >= 0.3 is 0 Å². The quantitative estimate of drug-likeness (QED) is 0.363. The minimum Gasteiger partial charge on any atom is -0.321 e. The third-order valence-corrected chi connectivity index (χ3v) is 6.72. The number of rotatable bonds is 12. The van der Waals surface area contributed by atoms with Crippen LogP contribution in [-0.4, -0.2) is 19.5 Å². The molecule has 0 bridgehead atoms. The van der Waals surface area contributed by atoms with E-state index < -0.39 is 8.40 Å². The van der Waals surface area contributed by atoms with E-state index in [0.717, 1.165) is 0 Å². The van der Waals surface area contributed by atoms with Crippen LogP contribution >= 0.6 is 0 Å². The van der Waals surface area contributed by atoms with Crippen LogP contribution in [0.15, 0.2) is 0 Å². The predicted molar refractivity (Wildman–Crippen MR) is 100 cm³/mol. The Balaban J connectivity index is 4.38. The van der Waals surface area contributed by atoms with Gasteiger partial charge in [0.2, 0.25) is 0 Å². The average molecular weight is 315 g/mol. The van der Waals surface area contributed by atoms with Crippen LogP contribution in [0.3, 0.4) is 0 Å². The van der Waals surface area contributed by atoms with E-state index in [-0.39, 0.29) is 11.1 Å². The fourth-order valence-corrected chi connectivity index (χ4v) is 7.18. The zero-order valence-corrected chi connectivity index (χ0v) is 17.2. The van der Waals surface area contributed by atoms with Gasteiger partial charge in [-0.1, -0.05) is 52.4 Å². The Morgan fingerprint density at radius 3 is 1.29 bits per heavy atom. The SMILES string of the molecule is CCCCCC(C)(C)N[Si](C)(C)NC(C)(C)CCCCC. The van der Waals surface area contributed by atoms with E-state index in [1.165, 1.54) is 51.4 Å². The van der Waals surface area contributed by atoms with Gasteiger partial charge in [-0.3, -0.25) is 0 Å². The maximum Gasteiger partial charge on any atom is 0.195 e. The van der Waals surface area contributed by atoms with Gasteiger partial charge < -0.3 is 9.96 Å². The van der Waals surface area contributed by atoms with Crippen molar-refractivity contribution in [1.82, 2.24) is 9.96 Å². The second-order valence-electron chi connectivity index (χ2n) is 8.56. The summed E-state index contributed by atoms with van der Waals surface area (Å²) in [6, 6.07) is 0. The summed E-state index contributed by atoms with van der Waals surface area (Å²) in [5, 5.41) is 0. The molecule has 0 aliphatic rings. The molecule has 0 heterocycles. The van der Waals surface area contributed by atoms with Gasteiger partial charge in [0, 0.05) is 11.1 Å². The van der Waals surface area contributed by atoms with Crippen molar-refractivity contribution in [3.63, 3.8) is 0 Å². The molecule has 3 heteroatoms. The van der Waals surface area contributed by atoms with Crippen LogP contribution in [0.4, 0.5) is 0 Å². The highest BCUT2D eigenvalue weighted by Crippen LogP contribution is 2.20. The fourth-order valence-electron chi connectivity index (χ4n) is 3.48. The zero-order chi connectivity index (χ0) is 16.6. The smallest absolute Gasteiger partial charge is 0.195 e. The van der Waals surface area contributed by atoms with E-state index in [0.29, 0.717) is 0 Å². The number of unbranched alkanes of at least 4 members (excludes halogenated alkanes) is 4. The molecule has 0 fully saturated rings. The van der Waals surface area contributed by atoms with Crippen LogP contribution < -0.4 is 9.96 Å². The van der Waals surface area contributed by atoms with Crippen molar-refractivity contribution in [2.24, 2.45) is 0 Å². The molecule has 0 atom stereocenters. The lowest BCUT2D eigenvalue weighted by Gasteiger charge is -2.42. The predicted octanol–water partition coefficient (Wildman–Crippen LogP) is 5.59.